The summed E-state index contributed by atoms with van der Waals surface area (Å²) >= 11 is 13.0. The lowest BCUT2D eigenvalue weighted by atomic mass is 10.2. The van der Waals surface area contributed by atoms with Crippen LogP contribution in [0.4, 0.5) is 18.9 Å². The molecule has 0 radical (unpaired) electrons. The molecule has 2 aromatic carbocycles. The number of amides is 1. The van der Waals surface area contributed by atoms with Gasteiger partial charge >= 0.3 is 6.18 Å². The van der Waals surface area contributed by atoms with Crippen molar-refractivity contribution in [2.45, 2.75) is 17.6 Å². The summed E-state index contributed by atoms with van der Waals surface area (Å²) in [6, 6.07) is 11.4. The first-order valence-corrected chi connectivity index (χ1v) is 9.81. The Morgan fingerprint density at radius 2 is 1.85 bits per heavy atom. The lowest BCUT2D eigenvalue weighted by Gasteiger charge is -2.26. The number of thiocarbonyl (C=S) groups is 1. The fraction of sp³-hybridized carbons (Fsp3) is 0.222. The number of rotatable bonds is 2. The molecular weight excluding hydrogens is 417 g/mol. The molecule has 1 amide bonds. The molecule has 2 heterocycles. The van der Waals surface area contributed by atoms with Crippen molar-refractivity contribution < 1.29 is 18.0 Å². The number of fused-ring (bicyclic) bond motifs is 1. The van der Waals surface area contributed by atoms with Gasteiger partial charge in [0.25, 0.3) is 5.91 Å². The number of carbonyl (C=O) groups is 1. The molecule has 0 aromatic heterocycles. The van der Waals surface area contributed by atoms with E-state index < -0.39 is 17.8 Å². The van der Waals surface area contributed by atoms with Gasteiger partial charge in [0.15, 0.2) is 5.11 Å². The van der Waals surface area contributed by atoms with Gasteiger partial charge in [0.2, 0.25) is 0 Å². The quantitative estimate of drug-likeness (QED) is 0.620. The largest absolute Gasteiger partial charge is 0.416 e. The van der Waals surface area contributed by atoms with Crippen LogP contribution in [0.1, 0.15) is 16.5 Å². The summed E-state index contributed by atoms with van der Waals surface area (Å²) in [5, 5.41) is 0.637. The summed E-state index contributed by atoms with van der Waals surface area (Å²) in [7, 11) is 0. The van der Waals surface area contributed by atoms with Crippen molar-refractivity contribution in [3.63, 3.8) is 0 Å². The average molecular weight is 429 g/mol. The Kier molecular flexibility index (Phi) is 4.60. The van der Waals surface area contributed by atoms with Gasteiger partial charge in [0, 0.05) is 10.8 Å². The molecule has 4 rings (SSSR count). The number of thioether (sulfide) groups is 1. The molecule has 3 nitrogen and oxygen atoms in total. The highest BCUT2D eigenvalue weighted by molar-refractivity contribution is 7.99. The first kappa shape index (κ1) is 18.6. The predicted octanol–water partition coefficient (Wildman–Crippen LogP) is 5.11. The van der Waals surface area contributed by atoms with E-state index in [1.54, 1.807) is 28.8 Å². The monoisotopic (exact) mass is 428 g/mol. The lowest BCUT2D eigenvalue weighted by molar-refractivity contribution is -0.137. The number of alkyl halides is 3. The zero-order valence-electron chi connectivity index (χ0n) is 13.6. The first-order chi connectivity index (χ1) is 12.8. The SMILES string of the molecule is O=C1[C@H]2CS[C@H](c3ccc(Cl)cc3)N2C(=S)N1c1cccc(C(F)(F)F)c1. The summed E-state index contributed by atoms with van der Waals surface area (Å²) in [6.07, 6.45) is -4.49. The summed E-state index contributed by atoms with van der Waals surface area (Å²) in [5.74, 6) is 0.213. The topological polar surface area (TPSA) is 23.6 Å². The molecule has 2 atom stereocenters. The highest BCUT2D eigenvalue weighted by atomic mass is 35.5. The number of hydrogen-bond acceptors (Lipinski definition) is 3. The van der Waals surface area contributed by atoms with Crippen LogP contribution in [0.25, 0.3) is 0 Å². The fourth-order valence-electron chi connectivity index (χ4n) is 3.23. The van der Waals surface area contributed by atoms with Crippen molar-refractivity contribution in [2.75, 3.05) is 10.7 Å². The minimum absolute atomic E-state index is 0.133. The Bertz CT molecular complexity index is 920. The number of hydrogen-bond donors (Lipinski definition) is 0. The van der Waals surface area contributed by atoms with Gasteiger partial charge in [-0.1, -0.05) is 29.8 Å². The molecule has 0 aliphatic carbocycles. The highest BCUT2D eigenvalue weighted by Crippen LogP contribution is 2.46. The summed E-state index contributed by atoms with van der Waals surface area (Å²) in [5.41, 5.74) is 0.258. The van der Waals surface area contributed by atoms with Gasteiger partial charge < -0.3 is 4.90 Å². The van der Waals surface area contributed by atoms with Gasteiger partial charge in [-0.05, 0) is 48.1 Å². The Balaban J connectivity index is 1.68. The number of anilines is 1. The second kappa shape index (κ2) is 6.68. The average Bonchev–Trinajstić information content (AvgIpc) is 3.16. The van der Waals surface area contributed by atoms with Crippen LogP contribution < -0.4 is 4.90 Å². The number of halogens is 4. The van der Waals surface area contributed by atoms with Crippen LogP contribution in [0.3, 0.4) is 0 Å². The molecule has 2 aliphatic heterocycles. The van der Waals surface area contributed by atoms with Gasteiger partial charge in [-0.15, -0.1) is 11.8 Å². The number of carbonyl (C=O) groups excluding carboxylic acids is 1. The summed E-state index contributed by atoms with van der Waals surface area (Å²) < 4.78 is 39.1. The van der Waals surface area contributed by atoms with E-state index in [0.29, 0.717) is 10.8 Å². The summed E-state index contributed by atoms with van der Waals surface area (Å²) in [4.78, 5) is 15.9. The standard InChI is InChI=1S/C18H12ClF3N2OS2/c19-12-6-4-10(5-7-12)16-24-14(9-27-16)15(25)23(17(24)26)13-3-1-2-11(8-13)18(20,21)22/h1-8,14,16H,9H2/t14-,16-/m1/s1. The third-order valence-electron chi connectivity index (χ3n) is 4.50. The lowest BCUT2D eigenvalue weighted by Crippen LogP contribution is -2.33. The zero-order chi connectivity index (χ0) is 19.3. The smallest absolute Gasteiger partial charge is 0.319 e. The molecule has 0 N–H and O–H groups in total. The van der Waals surface area contributed by atoms with E-state index in [9.17, 15) is 18.0 Å². The van der Waals surface area contributed by atoms with Crippen molar-refractivity contribution in [3.05, 3.63) is 64.7 Å². The van der Waals surface area contributed by atoms with Crippen molar-refractivity contribution in [1.82, 2.24) is 4.90 Å². The maximum Gasteiger partial charge on any atom is 0.416 e. The minimum atomic E-state index is -4.49. The maximum atomic E-state index is 13.0. The molecule has 2 fully saturated rings. The molecular formula is C18H12ClF3N2OS2. The van der Waals surface area contributed by atoms with E-state index in [1.165, 1.54) is 17.0 Å². The third-order valence-corrected chi connectivity index (χ3v) is 6.47. The molecule has 140 valence electrons. The van der Waals surface area contributed by atoms with Crippen LogP contribution in [-0.2, 0) is 11.0 Å². The molecule has 0 bridgehead atoms. The van der Waals surface area contributed by atoms with Gasteiger partial charge in [0.05, 0.1) is 11.3 Å². The van der Waals surface area contributed by atoms with Gasteiger partial charge in [0.1, 0.15) is 11.4 Å². The molecule has 0 saturated carbocycles. The van der Waals surface area contributed by atoms with Crippen LogP contribution in [-0.4, -0.2) is 27.7 Å². The van der Waals surface area contributed by atoms with Crippen molar-refractivity contribution in [1.29, 1.82) is 0 Å². The molecule has 0 spiro atoms. The van der Waals surface area contributed by atoms with E-state index in [4.69, 9.17) is 23.8 Å². The van der Waals surface area contributed by atoms with E-state index in [0.717, 1.165) is 17.7 Å². The first-order valence-electron chi connectivity index (χ1n) is 7.98. The second-order valence-corrected chi connectivity index (χ2v) is 8.08. The Morgan fingerprint density at radius 1 is 1.15 bits per heavy atom. The minimum Gasteiger partial charge on any atom is -0.319 e. The maximum absolute atomic E-state index is 13.0. The predicted molar refractivity (Wildman–Crippen MR) is 104 cm³/mol. The fourth-order valence-corrected chi connectivity index (χ4v) is 5.28. The Morgan fingerprint density at radius 3 is 2.52 bits per heavy atom. The van der Waals surface area contributed by atoms with Gasteiger partial charge in [-0.25, -0.2) is 0 Å². The number of benzene rings is 2. The van der Waals surface area contributed by atoms with E-state index in [2.05, 4.69) is 0 Å². The molecule has 27 heavy (non-hydrogen) atoms. The zero-order valence-corrected chi connectivity index (χ0v) is 16.0. The van der Waals surface area contributed by atoms with Gasteiger partial charge in [-0.3, -0.25) is 9.69 Å². The van der Waals surface area contributed by atoms with E-state index in [-0.39, 0.29) is 22.1 Å². The van der Waals surface area contributed by atoms with Crippen LogP contribution in [0.2, 0.25) is 5.02 Å². The van der Waals surface area contributed by atoms with Crippen LogP contribution in [0.5, 0.6) is 0 Å². The van der Waals surface area contributed by atoms with Crippen LogP contribution in [0.15, 0.2) is 48.5 Å². The Hall–Kier alpha value is -1.77. The molecule has 0 unspecified atom stereocenters. The van der Waals surface area contributed by atoms with Crippen molar-refractivity contribution >= 4 is 52.3 Å². The molecule has 2 aliphatic rings. The van der Waals surface area contributed by atoms with Gasteiger partial charge in [-0.2, -0.15) is 13.2 Å². The molecule has 2 saturated heterocycles. The highest BCUT2D eigenvalue weighted by Gasteiger charge is 2.51. The van der Waals surface area contributed by atoms with Crippen molar-refractivity contribution in [2.24, 2.45) is 0 Å². The van der Waals surface area contributed by atoms with Crippen LogP contribution in [0, 0.1) is 0 Å². The normalized spacial score (nSPS) is 22.5. The molecule has 2 aromatic rings. The second-order valence-electron chi connectivity index (χ2n) is 6.16. The summed E-state index contributed by atoms with van der Waals surface area (Å²) in [6.45, 7) is 0. The Labute approximate surface area is 168 Å². The van der Waals surface area contributed by atoms with E-state index >= 15 is 0 Å². The number of nitrogens with zero attached hydrogens (tertiary/aromatic N) is 2. The van der Waals surface area contributed by atoms with Crippen molar-refractivity contribution in [3.8, 4) is 0 Å². The van der Waals surface area contributed by atoms with E-state index in [1.807, 2.05) is 12.1 Å². The molecule has 9 heteroatoms. The third kappa shape index (κ3) is 3.19. The van der Waals surface area contributed by atoms with Crippen LogP contribution >= 0.6 is 35.6 Å².